The summed E-state index contributed by atoms with van der Waals surface area (Å²) < 4.78 is 6.47. The van der Waals surface area contributed by atoms with Gasteiger partial charge >= 0.3 is 0 Å². The molecule has 5 heterocycles. The summed E-state index contributed by atoms with van der Waals surface area (Å²) in [6, 6.07) is 9.93. The van der Waals surface area contributed by atoms with E-state index in [1.807, 2.05) is 51.4 Å². The number of hydrogen-bond donors (Lipinski definition) is 0. The summed E-state index contributed by atoms with van der Waals surface area (Å²) >= 11 is 0. The predicted molar refractivity (Wildman–Crippen MR) is 133 cm³/mol. The number of tetrazole rings is 3. The van der Waals surface area contributed by atoms with Gasteiger partial charge in [0.15, 0.2) is 11.6 Å². The Morgan fingerprint density at radius 2 is 1.45 bits per heavy atom. The molecule has 200 valence electrons. The van der Waals surface area contributed by atoms with Crippen molar-refractivity contribution in [2.45, 2.75) is 13.8 Å². The molecule has 0 fully saturated rings. The molecular formula is C20H30N18. The van der Waals surface area contributed by atoms with Gasteiger partial charge in [-0.1, -0.05) is 30.3 Å². The molecule has 0 unspecified atom stereocenters. The summed E-state index contributed by atoms with van der Waals surface area (Å²) in [4.78, 5) is 9.24. The van der Waals surface area contributed by atoms with Crippen molar-refractivity contribution in [3.8, 4) is 11.4 Å². The van der Waals surface area contributed by atoms with E-state index in [1.54, 1.807) is 54.8 Å². The Morgan fingerprint density at radius 3 is 1.74 bits per heavy atom. The van der Waals surface area contributed by atoms with E-state index in [0.717, 1.165) is 17.2 Å². The molecule has 0 aliphatic carbocycles. The minimum absolute atomic E-state index is 0.711. The third-order valence-electron chi connectivity index (χ3n) is 4.06. The third-order valence-corrected chi connectivity index (χ3v) is 4.06. The fraction of sp³-hybridized carbons (Fsp3) is 0.350. The molecule has 0 saturated carbocycles. The minimum atomic E-state index is 0.711. The Hall–Kier alpha value is -5.29. The highest BCUT2D eigenvalue weighted by Crippen LogP contribution is 2.11. The first-order chi connectivity index (χ1) is 18.2. The molecule has 0 aliphatic heterocycles. The zero-order valence-corrected chi connectivity index (χ0v) is 22.2. The molecule has 0 N–H and O–H groups in total. The molecule has 0 atom stereocenters. The molecule has 1 aromatic carbocycles. The van der Waals surface area contributed by atoms with Crippen LogP contribution in [0.1, 0.15) is 11.6 Å². The van der Waals surface area contributed by atoms with E-state index in [4.69, 9.17) is 0 Å². The van der Waals surface area contributed by atoms with Gasteiger partial charge in [-0.2, -0.15) is 15.0 Å². The number of benzene rings is 1. The molecule has 6 aromatic rings. The number of aryl methyl sites for hydroxylation is 7. The van der Waals surface area contributed by atoms with Crippen LogP contribution in [0.3, 0.4) is 0 Å². The average Bonchev–Trinajstić information content (AvgIpc) is 3.75. The number of rotatable bonds is 1. The van der Waals surface area contributed by atoms with E-state index in [0.29, 0.717) is 5.82 Å². The van der Waals surface area contributed by atoms with Gasteiger partial charge < -0.3 is 0 Å². The zero-order chi connectivity index (χ0) is 27.8. The van der Waals surface area contributed by atoms with Crippen molar-refractivity contribution in [3.05, 3.63) is 67.3 Å². The average molecular weight is 523 g/mol. The van der Waals surface area contributed by atoms with Crippen LogP contribution in [0.2, 0.25) is 0 Å². The van der Waals surface area contributed by atoms with Gasteiger partial charge in [0.05, 0.1) is 7.05 Å². The van der Waals surface area contributed by atoms with Gasteiger partial charge in [0.25, 0.3) is 0 Å². The molecule has 0 spiro atoms. The maximum absolute atomic E-state index is 4.19. The van der Waals surface area contributed by atoms with Gasteiger partial charge in [-0.25, -0.2) is 19.3 Å². The molecule has 18 heteroatoms. The summed E-state index contributed by atoms with van der Waals surface area (Å²) in [6.45, 7) is 3.65. The molecule has 0 saturated heterocycles. The Labute approximate surface area is 218 Å². The first-order valence-corrected chi connectivity index (χ1v) is 11.0. The van der Waals surface area contributed by atoms with Crippen LogP contribution < -0.4 is 0 Å². The standard InChI is InChI=1S/C9H9N3.2C3H6N4.C3H5N3.C2H4N4/c1-12-7-10-9(11-12)8-5-3-2-4-6-8;1-3-4-5-6-7(3)2;1-3-4-6-7(2)5-3;1-6-3-4-2-5-6;1-6-2-3-4-5-6/h2-7H,1H3;2*1-2H3;2-3H,1H3;2H,1H3. The molecule has 0 radical (unpaired) electrons. The Morgan fingerprint density at radius 1 is 0.684 bits per heavy atom. The van der Waals surface area contributed by atoms with Crippen molar-refractivity contribution >= 4 is 0 Å². The lowest BCUT2D eigenvalue weighted by molar-refractivity contribution is 0.629. The van der Waals surface area contributed by atoms with Crippen molar-refractivity contribution in [3.63, 3.8) is 0 Å². The smallest absolute Gasteiger partial charge is 0.181 e. The van der Waals surface area contributed by atoms with Crippen LogP contribution in [0.25, 0.3) is 11.4 Å². The van der Waals surface area contributed by atoms with Crippen LogP contribution in [-0.4, -0.2) is 90.2 Å². The largest absolute Gasteiger partial charge is 0.256 e. The lowest BCUT2D eigenvalue weighted by atomic mass is 10.2. The van der Waals surface area contributed by atoms with Crippen molar-refractivity contribution in [1.82, 2.24) is 90.2 Å². The van der Waals surface area contributed by atoms with E-state index in [2.05, 4.69) is 66.6 Å². The van der Waals surface area contributed by atoms with E-state index < -0.39 is 0 Å². The second-order valence-corrected chi connectivity index (χ2v) is 7.34. The summed E-state index contributed by atoms with van der Waals surface area (Å²) in [7, 11) is 8.99. The van der Waals surface area contributed by atoms with Crippen LogP contribution in [0.5, 0.6) is 0 Å². The van der Waals surface area contributed by atoms with Crippen LogP contribution in [0.15, 0.2) is 55.6 Å². The van der Waals surface area contributed by atoms with Crippen LogP contribution in [0.4, 0.5) is 0 Å². The fourth-order valence-corrected chi connectivity index (χ4v) is 2.19. The fourth-order valence-electron chi connectivity index (χ4n) is 2.19. The van der Waals surface area contributed by atoms with E-state index >= 15 is 0 Å². The maximum Gasteiger partial charge on any atom is 0.181 e. The van der Waals surface area contributed by atoms with Gasteiger partial charge in [-0.15, -0.1) is 20.4 Å². The van der Waals surface area contributed by atoms with Crippen molar-refractivity contribution < 1.29 is 0 Å². The second kappa shape index (κ2) is 15.7. The third kappa shape index (κ3) is 11.4. The predicted octanol–water partition coefficient (Wildman–Crippen LogP) is -0.456. The molecule has 18 nitrogen and oxygen atoms in total. The van der Waals surface area contributed by atoms with Crippen molar-refractivity contribution in [2.75, 3.05) is 0 Å². The quantitative estimate of drug-likeness (QED) is 0.270. The maximum atomic E-state index is 4.19. The Bertz CT molecular complexity index is 1320. The SMILES string of the molecule is Cc1nnn(C)n1.Cc1nnnn1C.Cn1cnc(-c2ccccc2)n1.Cn1cncn1.Cn1cnnn1. The first-order valence-electron chi connectivity index (χ1n) is 11.0. The number of aromatic nitrogens is 18. The highest BCUT2D eigenvalue weighted by molar-refractivity contribution is 5.53. The summed E-state index contributed by atoms with van der Waals surface area (Å²) in [5.74, 6) is 2.32. The first kappa shape index (κ1) is 28.9. The number of nitrogens with zero attached hydrogens (tertiary/aromatic N) is 18. The number of hydrogen-bond acceptors (Lipinski definition) is 13. The van der Waals surface area contributed by atoms with Gasteiger partial charge in [0.1, 0.15) is 31.1 Å². The van der Waals surface area contributed by atoms with Gasteiger partial charge in [0, 0.05) is 33.8 Å². The van der Waals surface area contributed by atoms with Crippen LogP contribution in [0, 0.1) is 13.8 Å². The molecule has 0 amide bonds. The molecule has 0 bridgehead atoms. The van der Waals surface area contributed by atoms with E-state index in [1.165, 1.54) is 22.1 Å². The van der Waals surface area contributed by atoms with Crippen molar-refractivity contribution in [2.24, 2.45) is 35.2 Å². The monoisotopic (exact) mass is 522 g/mol. The van der Waals surface area contributed by atoms with E-state index in [-0.39, 0.29) is 0 Å². The van der Waals surface area contributed by atoms with Crippen LogP contribution in [-0.2, 0) is 35.2 Å². The minimum Gasteiger partial charge on any atom is -0.256 e. The molecule has 38 heavy (non-hydrogen) atoms. The van der Waals surface area contributed by atoms with E-state index in [9.17, 15) is 0 Å². The van der Waals surface area contributed by atoms with Crippen LogP contribution >= 0.6 is 0 Å². The lowest BCUT2D eigenvalue weighted by Gasteiger charge is -1.91. The summed E-state index contributed by atoms with van der Waals surface area (Å²) in [5.41, 5.74) is 1.05. The van der Waals surface area contributed by atoms with Gasteiger partial charge in [-0.3, -0.25) is 9.36 Å². The highest BCUT2D eigenvalue weighted by atomic mass is 15.6. The summed E-state index contributed by atoms with van der Waals surface area (Å²) in [5, 5.41) is 39.7. The molecule has 0 aliphatic rings. The van der Waals surface area contributed by atoms with Gasteiger partial charge in [-0.05, 0) is 39.9 Å². The Balaban J connectivity index is 0.000000172. The molecule has 6 rings (SSSR count). The molecule has 5 aromatic heterocycles. The Kier molecular flexibility index (Phi) is 11.9. The molecular weight excluding hydrogens is 492 g/mol. The zero-order valence-electron chi connectivity index (χ0n) is 22.2. The highest BCUT2D eigenvalue weighted by Gasteiger charge is 1.99. The second-order valence-electron chi connectivity index (χ2n) is 7.34. The topological polar surface area (TPSA) is 192 Å². The lowest BCUT2D eigenvalue weighted by Crippen LogP contribution is -1.92. The van der Waals surface area contributed by atoms with Crippen molar-refractivity contribution in [1.29, 1.82) is 0 Å². The normalized spacial score (nSPS) is 9.45. The van der Waals surface area contributed by atoms with Gasteiger partial charge in [0.2, 0.25) is 0 Å². The summed E-state index contributed by atoms with van der Waals surface area (Å²) in [6.07, 6.45) is 6.36.